The predicted octanol–water partition coefficient (Wildman–Crippen LogP) is 1.14. The molecule has 10 heavy (non-hydrogen) atoms. The number of nitrogens with one attached hydrogen (secondary N) is 1. The molecule has 0 aliphatic carbocycles. The second-order valence-corrected chi connectivity index (χ2v) is 1.99. The van der Waals surface area contributed by atoms with Crippen LogP contribution in [-0.2, 0) is 0 Å². The predicted molar refractivity (Wildman–Crippen MR) is 39.3 cm³/mol. The molecule has 3 heteroatoms. The summed E-state index contributed by atoms with van der Waals surface area (Å²) in [5, 5.41) is 20.6. The molecule has 0 bridgehead atoms. The summed E-state index contributed by atoms with van der Waals surface area (Å²) in [5.41, 5.74) is 0.692. The zero-order valence-electron chi connectivity index (χ0n) is 5.63. The van der Waals surface area contributed by atoms with Crippen molar-refractivity contribution in [3.8, 4) is 11.5 Å². The molecule has 0 saturated heterocycles. The van der Waals surface area contributed by atoms with Gasteiger partial charge in [0.15, 0.2) is 0 Å². The first-order valence-electron chi connectivity index (χ1n) is 2.93. The van der Waals surface area contributed by atoms with Gasteiger partial charge in [-0.15, -0.1) is 0 Å². The first-order valence-corrected chi connectivity index (χ1v) is 2.93. The van der Waals surface area contributed by atoms with Crippen molar-refractivity contribution in [2.24, 2.45) is 0 Å². The number of benzene rings is 1. The third-order valence-corrected chi connectivity index (χ3v) is 1.19. The standard InChI is InChI=1S/C7H9NO2/c1-8-5-2-6(9)4-7(10)3-5/h2-4,8-10H,1H3. The molecule has 0 aliphatic heterocycles. The Bertz CT molecular complexity index is 215. The number of hydrogen-bond donors (Lipinski definition) is 3. The van der Waals surface area contributed by atoms with Crippen LogP contribution in [0.5, 0.6) is 11.5 Å². The molecule has 1 aromatic rings. The Morgan fingerprint density at radius 1 is 1.10 bits per heavy atom. The number of hydrogen-bond acceptors (Lipinski definition) is 3. The van der Waals surface area contributed by atoms with Gasteiger partial charge >= 0.3 is 0 Å². The summed E-state index contributed by atoms with van der Waals surface area (Å²) in [4.78, 5) is 0. The van der Waals surface area contributed by atoms with Gasteiger partial charge in [0, 0.05) is 30.9 Å². The normalized spacial score (nSPS) is 9.30. The molecular weight excluding hydrogens is 130 g/mol. The molecule has 0 aromatic heterocycles. The van der Waals surface area contributed by atoms with Gasteiger partial charge in [0.25, 0.3) is 0 Å². The van der Waals surface area contributed by atoms with Gasteiger partial charge in [0.2, 0.25) is 0 Å². The minimum Gasteiger partial charge on any atom is -0.508 e. The van der Waals surface area contributed by atoms with Crippen molar-refractivity contribution < 1.29 is 10.2 Å². The Morgan fingerprint density at radius 3 is 2.00 bits per heavy atom. The number of phenols is 2. The molecule has 3 N–H and O–H groups in total. The van der Waals surface area contributed by atoms with E-state index in [-0.39, 0.29) is 11.5 Å². The van der Waals surface area contributed by atoms with Crippen LogP contribution in [0.4, 0.5) is 5.69 Å². The Kier molecular flexibility index (Phi) is 1.67. The van der Waals surface area contributed by atoms with Gasteiger partial charge in [0.1, 0.15) is 11.5 Å². The molecular formula is C7H9NO2. The van der Waals surface area contributed by atoms with Gasteiger partial charge < -0.3 is 15.5 Å². The van der Waals surface area contributed by atoms with Crippen molar-refractivity contribution in [2.75, 3.05) is 12.4 Å². The van der Waals surface area contributed by atoms with Crippen molar-refractivity contribution in [2.45, 2.75) is 0 Å². The molecule has 0 aliphatic rings. The van der Waals surface area contributed by atoms with Crippen molar-refractivity contribution in [3.05, 3.63) is 18.2 Å². The molecule has 0 fully saturated rings. The fraction of sp³-hybridized carbons (Fsp3) is 0.143. The summed E-state index contributed by atoms with van der Waals surface area (Å²) >= 11 is 0. The van der Waals surface area contributed by atoms with Crippen LogP contribution in [0, 0.1) is 0 Å². The van der Waals surface area contributed by atoms with E-state index in [1.54, 1.807) is 7.05 Å². The lowest BCUT2D eigenvalue weighted by Gasteiger charge is -2.00. The topological polar surface area (TPSA) is 52.5 Å². The number of aromatic hydroxyl groups is 2. The minimum atomic E-state index is 0.0596. The van der Waals surface area contributed by atoms with Crippen LogP contribution in [0.25, 0.3) is 0 Å². The highest BCUT2D eigenvalue weighted by molar-refractivity contribution is 5.52. The van der Waals surface area contributed by atoms with Crippen LogP contribution in [0.15, 0.2) is 18.2 Å². The minimum absolute atomic E-state index is 0.0596. The summed E-state index contributed by atoms with van der Waals surface area (Å²) in [7, 11) is 1.72. The van der Waals surface area contributed by atoms with Gasteiger partial charge in [-0.3, -0.25) is 0 Å². The molecule has 0 atom stereocenters. The highest BCUT2D eigenvalue weighted by Gasteiger charge is 1.94. The largest absolute Gasteiger partial charge is 0.508 e. The van der Waals surface area contributed by atoms with E-state index < -0.39 is 0 Å². The monoisotopic (exact) mass is 139 g/mol. The van der Waals surface area contributed by atoms with Crippen LogP contribution in [0.1, 0.15) is 0 Å². The first-order chi connectivity index (χ1) is 4.72. The van der Waals surface area contributed by atoms with Crippen molar-refractivity contribution in [1.82, 2.24) is 0 Å². The number of phenolic OH excluding ortho intramolecular Hbond substituents is 2. The summed E-state index contributed by atoms with van der Waals surface area (Å²) in [6.45, 7) is 0. The molecule has 1 rings (SSSR count). The summed E-state index contributed by atoms with van der Waals surface area (Å²) < 4.78 is 0. The molecule has 0 saturated carbocycles. The van der Waals surface area contributed by atoms with E-state index in [1.165, 1.54) is 18.2 Å². The summed E-state index contributed by atoms with van der Waals surface area (Å²) in [6.07, 6.45) is 0. The molecule has 0 unspecified atom stereocenters. The fourth-order valence-corrected chi connectivity index (χ4v) is 0.739. The zero-order chi connectivity index (χ0) is 7.56. The average Bonchev–Trinajstić information content (AvgIpc) is 1.85. The van der Waals surface area contributed by atoms with Crippen LogP contribution >= 0.6 is 0 Å². The van der Waals surface area contributed by atoms with Crippen LogP contribution in [-0.4, -0.2) is 17.3 Å². The Balaban J connectivity index is 3.06. The number of anilines is 1. The van der Waals surface area contributed by atoms with Gasteiger partial charge in [0.05, 0.1) is 0 Å². The molecule has 0 spiro atoms. The van der Waals surface area contributed by atoms with Gasteiger partial charge in [-0.25, -0.2) is 0 Å². The van der Waals surface area contributed by atoms with Gasteiger partial charge in [-0.2, -0.15) is 0 Å². The SMILES string of the molecule is CNc1cc(O)cc(O)c1. The third-order valence-electron chi connectivity index (χ3n) is 1.19. The average molecular weight is 139 g/mol. The Morgan fingerprint density at radius 2 is 1.60 bits per heavy atom. The second kappa shape index (κ2) is 2.47. The van der Waals surface area contributed by atoms with Gasteiger partial charge in [-0.05, 0) is 0 Å². The summed E-state index contributed by atoms with van der Waals surface area (Å²) in [5.74, 6) is 0.119. The maximum Gasteiger partial charge on any atom is 0.121 e. The maximum atomic E-state index is 8.93. The Hall–Kier alpha value is -1.38. The molecule has 0 amide bonds. The van der Waals surface area contributed by atoms with Crippen LogP contribution < -0.4 is 5.32 Å². The Labute approximate surface area is 58.9 Å². The van der Waals surface area contributed by atoms with E-state index >= 15 is 0 Å². The smallest absolute Gasteiger partial charge is 0.121 e. The zero-order valence-corrected chi connectivity index (χ0v) is 5.63. The molecule has 1 aromatic carbocycles. The van der Waals surface area contributed by atoms with Gasteiger partial charge in [-0.1, -0.05) is 0 Å². The summed E-state index contributed by atoms with van der Waals surface area (Å²) in [6, 6.07) is 4.33. The van der Waals surface area contributed by atoms with Crippen molar-refractivity contribution in [3.63, 3.8) is 0 Å². The second-order valence-electron chi connectivity index (χ2n) is 1.99. The van der Waals surface area contributed by atoms with E-state index in [2.05, 4.69) is 5.32 Å². The fourth-order valence-electron chi connectivity index (χ4n) is 0.739. The van der Waals surface area contributed by atoms with Crippen molar-refractivity contribution in [1.29, 1.82) is 0 Å². The van der Waals surface area contributed by atoms with Crippen LogP contribution in [0.2, 0.25) is 0 Å². The highest BCUT2D eigenvalue weighted by atomic mass is 16.3. The lowest BCUT2D eigenvalue weighted by atomic mass is 10.3. The molecule has 54 valence electrons. The quantitative estimate of drug-likeness (QED) is 0.546. The lowest BCUT2D eigenvalue weighted by Crippen LogP contribution is -1.85. The highest BCUT2D eigenvalue weighted by Crippen LogP contribution is 2.22. The molecule has 0 radical (unpaired) electrons. The third kappa shape index (κ3) is 1.31. The van der Waals surface area contributed by atoms with E-state index in [4.69, 9.17) is 10.2 Å². The number of rotatable bonds is 1. The van der Waals surface area contributed by atoms with E-state index in [0.717, 1.165) is 0 Å². The van der Waals surface area contributed by atoms with E-state index in [1.807, 2.05) is 0 Å². The molecule has 0 heterocycles. The van der Waals surface area contributed by atoms with Crippen molar-refractivity contribution >= 4 is 5.69 Å². The van der Waals surface area contributed by atoms with Crippen LogP contribution in [0.3, 0.4) is 0 Å². The molecule has 3 nitrogen and oxygen atoms in total. The van der Waals surface area contributed by atoms with E-state index in [9.17, 15) is 0 Å². The van der Waals surface area contributed by atoms with E-state index in [0.29, 0.717) is 5.69 Å². The lowest BCUT2D eigenvalue weighted by molar-refractivity contribution is 0.451. The maximum absolute atomic E-state index is 8.93. The first kappa shape index (κ1) is 6.74.